The van der Waals surface area contributed by atoms with Gasteiger partial charge in [0.25, 0.3) is 5.92 Å². The number of likely N-dealkylation sites (tertiary alicyclic amines) is 1. The topological polar surface area (TPSA) is 52.7 Å². The van der Waals surface area contributed by atoms with E-state index in [2.05, 4.69) is 33.3 Å². The van der Waals surface area contributed by atoms with E-state index in [1.807, 2.05) is 11.8 Å². The van der Waals surface area contributed by atoms with E-state index in [-0.39, 0.29) is 30.7 Å². The van der Waals surface area contributed by atoms with Gasteiger partial charge >= 0.3 is 0 Å². The summed E-state index contributed by atoms with van der Waals surface area (Å²) in [5.74, 6) is -1.70. The van der Waals surface area contributed by atoms with Crippen molar-refractivity contribution < 1.29 is 18.4 Å². The summed E-state index contributed by atoms with van der Waals surface area (Å²) in [5, 5.41) is 2.47. The number of piperidine rings is 2. The fraction of sp³-hybridized carbons (Fsp3) is 0.680. The zero-order valence-electron chi connectivity index (χ0n) is 19.3. The Morgan fingerprint density at radius 1 is 1.03 bits per heavy atom. The summed E-state index contributed by atoms with van der Waals surface area (Å²) < 4.78 is 26.4. The maximum Gasteiger partial charge on any atom is 0.250 e. The number of thioether (sulfide) groups is 1. The minimum atomic E-state index is -2.45. The van der Waals surface area contributed by atoms with Crippen LogP contribution >= 0.6 is 11.8 Å². The molecule has 2 amide bonds. The summed E-state index contributed by atoms with van der Waals surface area (Å²) in [7, 11) is 0. The number of rotatable bonds is 10. The summed E-state index contributed by atoms with van der Waals surface area (Å²) in [6.45, 7) is 3.56. The van der Waals surface area contributed by atoms with E-state index in [0.29, 0.717) is 25.9 Å². The molecular weight excluding hydrogens is 444 g/mol. The van der Waals surface area contributed by atoms with Gasteiger partial charge in [-0.3, -0.25) is 19.8 Å². The number of hydrogen-bond donors (Lipinski definition) is 1. The van der Waals surface area contributed by atoms with Crippen molar-refractivity contribution in [2.75, 3.05) is 25.4 Å². The van der Waals surface area contributed by atoms with Crippen molar-refractivity contribution in [1.82, 2.24) is 15.1 Å². The Kier molecular flexibility index (Phi) is 8.41. The second-order valence-corrected chi connectivity index (χ2v) is 10.7. The number of imide groups is 1. The highest BCUT2D eigenvalue weighted by Gasteiger charge is 2.35. The van der Waals surface area contributed by atoms with Crippen molar-refractivity contribution in [2.24, 2.45) is 0 Å². The number of fused-ring (bicyclic) bond motifs is 1. The van der Waals surface area contributed by atoms with E-state index in [1.165, 1.54) is 41.7 Å². The van der Waals surface area contributed by atoms with Crippen LogP contribution in [0, 0.1) is 0 Å². The molecule has 33 heavy (non-hydrogen) atoms. The highest BCUT2D eigenvalue weighted by molar-refractivity contribution is 7.99. The minimum Gasteiger partial charge on any atom is -0.303 e. The third-order valence-electron chi connectivity index (χ3n) is 7.08. The smallest absolute Gasteiger partial charge is 0.250 e. The van der Waals surface area contributed by atoms with E-state index in [4.69, 9.17) is 0 Å². The molecule has 0 radical (unpaired) electrons. The van der Waals surface area contributed by atoms with Gasteiger partial charge in [0, 0.05) is 50.3 Å². The Balaban J connectivity index is 1.12. The number of unbranched alkanes of at least 4 members (excludes halogenated alkanes) is 4. The summed E-state index contributed by atoms with van der Waals surface area (Å²) >= 11 is 1.90. The van der Waals surface area contributed by atoms with Crippen LogP contribution in [0.3, 0.4) is 0 Å². The Hall–Kier alpha value is -1.51. The van der Waals surface area contributed by atoms with Gasteiger partial charge in [0.15, 0.2) is 0 Å². The molecule has 182 valence electrons. The number of nitrogens with zero attached hydrogens (tertiary/aromatic N) is 2. The molecule has 2 fully saturated rings. The van der Waals surface area contributed by atoms with Gasteiger partial charge in [-0.2, -0.15) is 0 Å². The van der Waals surface area contributed by atoms with Crippen LogP contribution in [0.2, 0.25) is 0 Å². The molecule has 1 aromatic carbocycles. The SMILES string of the molecule is O=C1CCC(N2Cc3cccc(SCCCCCCCN4CCC(F)(F)CC4)c3C2)C(=O)N1. The quantitative estimate of drug-likeness (QED) is 0.302. The molecular formula is C25H35F2N3O2S. The Labute approximate surface area is 199 Å². The van der Waals surface area contributed by atoms with Crippen molar-refractivity contribution in [3.05, 3.63) is 29.3 Å². The number of alkyl halides is 2. The standard InChI is InChI=1S/C25H35F2N3O2S/c26-25(27)11-14-29(15-12-25)13-4-2-1-3-5-16-33-22-8-6-7-19-17-30(18-20(19)22)21-9-10-23(31)28-24(21)32/h6-8,21H,1-5,9-18H2,(H,28,31,32). The van der Waals surface area contributed by atoms with Crippen LogP contribution in [0.15, 0.2) is 23.1 Å². The summed E-state index contributed by atoms with van der Waals surface area (Å²) in [5.41, 5.74) is 2.62. The van der Waals surface area contributed by atoms with Gasteiger partial charge in [-0.05, 0) is 48.8 Å². The first-order valence-corrected chi connectivity index (χ1v) is 13.3. The lowest BCUT2D eigenvalue weighted by molar-refractivity contribution is -0.137. The predicted octanol–water partition coefficient (Wildman–Crippen LogP) is 4.58. The average molecular weight is 480 g/mol. The molecule has 8 heteroatoms. The van der Waals surface area contributed by atoms with Gasteiger partial charge in [-0.25, -0.2) is 8.78 Å². The highest BCUT2D eigenvalue weighted by Crippen LogP contribution is 2.34. The number of carbonyl (C=O) groups excluding carboxylic acids is 2. The predicted molar refractivity (Wildman–Crippen MR) is 126 cm³/mol. The number of hydrogen-bond acceptors (Lipinski definition) is 5. The molecule has 0 saturated carbocycles. The van der Waals surface area contributed by atoms with Crippen molar-refractivity contribution in [3.63, 3.8) is 0 Å². The molecule has 5 nitrogen and oxygen atoms in total. The van der Waals surface area contributed by atoms with Gasteiger partial charge in [0.05, 0.1) is 6.04 Å². The van der Waals surface area contributed by atoms with Crippen LogP contribution in [0.1, 0.15) is 68.9 Å². The van der Waals surface area contributed by atoms with Crippen LogP contribution < -0.4 is 5.32 Å². The van der Waals surface area contributed by atoms with Crippen LogP contribution in [0.4, 0.5) is 8.78 Å². The van der Waals surface area contributed by atoms with Gasteiger partial charge in [-0.1, -0.05) is 31.4 Å². The van der Waals surface area contributed by atoms with Gasteiger partial charge in [0.2, 0.25) is 11.8 Å². The number of nitrogens with one attached hydrogen (secondary N) is 1. The van der Waals surface area contributed by atoms with Gasteiger partial charge in [0.1, 0.15) is 0 Å². The molecule has 3 heterocycles. The molecule has 1 aromatic rings. The van der Waals surface area contributed by atoms with Gasteiger partial charge < -0.3 is 4.90 Å². The third kappa shape index (κ3) is 6.76. The normalized spacial score (nSPS) is 23.5. The van der Waals surface area contributed by atoms with Crippen LogP contribution in [0.25, 0.3) is 0 Å². The summed E-state index contributed by atoms with van der Waals surface area (Å²) in [6.07, 6.45) is 6.87. The molecule has 4 rings (SSSR count). The van der Waals surface area contributed by atoms with Gasteiger partial charge in [-0.15, -0.1) is 11.8 Å². The van der Waals surface area contributed by atoms with E-state index in [1.54, 1.807) is 0 Å². The summed E-state index contributed by atoms with van der Waals surface area (Å²) in [6, 6.07) is 6.22. The lowest BCUT2D eigenvalue weighted by Gasteiger charge is -2.31. The van der Waals surface area contributed by atoms with Crippen LogP contribution in [0.5, 0.6) is 0 Å². The van der Waals surface area contributed by atoms with E-state index >= 15 is 0 Å². The molecule has 2 saturated heterocycles. The summed E-state index contributed by atoms with van der Waals surface area (Å²) in [4.78, 5) is 29.4. The molecule has 1 unspecified atom stereocenters. The first-order chi connectivity index (χ1) is 15.9. The maximum absolute atomic E-state index is 13.2. The molecule has 0 bridgehead atoms. The Bertz CT molecular complexity index is 841. The average Bonchev–Trinajstić information content (AvgIpc) is 3.21. The van der Waals surface area contributed by atoms with E-state index in [0.717, 1.165) is 31.8 Å². The van der Waals surface area contributed by atoms with Crippen molar-refractivity contribution in [2.45, 2.75) is 87.7 Å². The zero-order chi connectivity index (χ0) is 23.3. The second kappa shape index (κ2) is 11.3. The van der Waals surface area contributed by atoms with Crippen molar-refractivity contribution in [3.8, 4) is 0 Å². The van der Waals surface area contributed by atoms with Crippen molar-refractivity contribution >= 4 is 23.6 Å². The van der Waals surface area contributed by atoms with Crippen LogP contribution in [-0.4, -0.2) is 59.0 Å². The molecule has 0 aromatic heterocycles. The maximum atomic E-state index is 13.2. The number of benzene rings is 1. The van der Waals surface area contributed by atoms with E-state index in [9.17, 15) is 18.4 Å². The first-order valence-electron chi connectivity index (χ1n) is 12.3. The first kappa shape index (κ1) is 24.6. The molecule has 0 spiro atoms. The van der Waals surface area contributed by atoms with E-state index < -0.39 is 5.92 Å². The largest absolute Gasteiger partial charge is 0.303 e. The monoisotopic (exact) mass is 479 g/mol. The highest BCUT2D eigenvalue weighted by atomic mass is 32.2. The fourth-order valence-corrected chi connectivity index (χ4v) is 6.17. The third-order valence-corrected chi connectivity index (χ3v) is 8.27. The lowest BCUT2D eigenvalue weighted by atomic mass is 10.0. The van der Waals surface area contributed by atoms with Crippen molar-refractivity contribution in [1.29, 1.82) is 0 Å². The molecule has 0 aliphatic carbocycles. The number of amides is 2. The molecule has 1 N–H and O–H groups in total. The second-order valence-electron chi connectivity index (χ2n) is 9.58. The zero-order valence-corrected chi connectivity index (χ0v) is 20.1. The Morgan fingerprint density at radius 3 is 2.58 bits per heavy atom. The van der Waals surface area contributed by atoms with Crippen LogP contribution in [-0.2, 0) is 22.7 Å². The molecule has 3 aliphatic rings. The fourth-order valence-electron chi connectivity index (χ4n) is 5.06. The number of carbonyl (C=O) groups is 2. The molecule has 1 atom stereocenters. The Morgan fingerprint density at radius 2 is 1.79 bits per heavy atom. The lowest BCUT2D eigenvalue weighted by Crippen LogP contribution is -2.50. The number of halogens is 2. The minimum absolute atomic E-state index is 0.0126. The molecule has 3 aliphatic heterocycles.